The van der Waals surface area contributed by atoms with Crippen LogP contribution in [0.4, 0.5) is 5.13 Å². The second-order valence-electron chi connectivity index (χ2n) is 7.14. The average molecular weight is 484 g/mol. The molecule has 0 aliphatic heterocycles. The molecule has 0 radical (unpaired) electrons. The van der Waals surface area contributed by atoms with Crippen LogP contribution in [0.15, 0.2) is 48.7 Å². The van der Waals surface area contributed by atoms with E-state index in [4.69, 9.17) is 30.8 Å². The van der Waals surface area contributed by atoms with Crippen LogP contribution in [0.25, 0.3) is 10.2 Å². The van der Waals surface area contributed by atoms with Gasteiger partial charge in [0.15, 0.2) is 16.6 Å². The number of carbonyl (C=O) groups excluding carboxylic acids is 1. The Morgan fingerprint density at radius 1 is 1.06 bits per heavy atom. The molecule has 9 heteroatoms. The van der Waals surface area contributed by atoms with Gasteiger partial charge in [-0.1, -0.05) is 29.0 Å². The lowest BCUT2D eigenvalue weighted by Gasteiger charge is -2.21. The Hall–Kier alpha value is -3.36. The molecule has 33 heavy (non-hydrogen) atoms. The summed E-state index contributed by atoms with van der Waals surface area (Å²) >= 11 is 7.71. The summed E-state index contributed by atoms with van der Waals surface area (Å²) in [4.78, 5) is 24.6. The van der Waals surface area contributed by atoms with E-state index >= 15 is 0 Å². The maximum absolute atomic E-state index is 13.8. The van der Waals surface area contributed by atoms with Gasteiger partial charge >= 0.3 is 0 Å². The van der Waals surface area contributed by atoms with Crippen molar-refractivity contribution in [3.63, 3.8) is 0 Å². The van der Waals surface area contributed by atoms with E-state index in [0.29, 0.717) is 33.0 Å². The Balaban J connectivity index is 1.83. The lowest BCUT2D eigenvalue weighted by Crippen LogP contribution is -2.30. The van der Waals surface area contributed by atoms with Crippen molar-refractivity contribution in [2.45, 2.75) is 13.5 Å². The molecule has 2 aromatic heterocycles. The molecular weight excluding hydrogens is 462 g/mol. The number of hydrogen-bond acceptors (Lipinski definition) is 7. The van der Waals surface area contributed by atoms with Gasteiger partial charge in [0.05, 0.1) is 43.8 Å². The maximum atomic E-state index is 13.8. The topological polar surface area (TPSA) is 73.8 Å². The van der Waals surface area contributed by atoms with Gasteiger partial charge < -0.3 is 14.2 Å². The van der Waals surface area contributed by atoms with E-state index in [1.165, 1.54) is 32.7 Å². The molecule has 0 bridgehead atoms. The minimum Gasteiger partial charge on any atom is -0.493 e. The maximum Gasteiger partial charge on any atom is 0.260 e. The highest BCUT2D eigenvalue weighted by atomic mass is 35.5. The molecule has 0 aliphatic rings. The Morgan fingerprint density at radius 2 is 1.79 bits per heavy atom. The van der Waals surface area contributed by atoms with Gasteiger partial charge in [-0.2, -0.15) is 0 Å². The average Bonchev–Trinajstić information content (AvgIpc) is 3.28. The third-order valence-corrected chi connectivity index (χ3v) is 6.62. The molecule has 7 nitrogen and oxygen atoms in total. The first-order chi connectivity index (χ1) is 16.0. The van der Waals surface area contributed by atoms with Crippen molar-refractivity contribution in [1.82, 2.24) is 9.97 Å². The quantitative estimate of drug-likeness (QED) is 0.344. The van der Waals surface area contributed by atoms with Crippen LogP contribution in [-0.2, 0) is 6.54 Å². The minimum absolute atomic E-state index is 0.239. The van der Waals surface area contributed by atoms with Crippen LogP contribution in [0.5, 0.6) is 17.2 Å². The third kappa shape index (κ3) is 4.44. The van der Waals surface area contributed by atoms with Crippen molar-refractivity contribution in [3.8, 4) is 17.2 Å². The minimum atomic E-state index is -0.275. The molecule has 0 spiro atoms. The van der Waals surface area contributed by atoms with Crippen LogP contribution in [0, 0.1) is 6.92 Å². The van der Waals surface area contributed by atoms with Crippen molar-refractivity contribution in [2.75, 3.05) is 26.2 Å². The first-order valence-corrected chi connectivity index (χ1v) is 11.2. The smallest absolute Gasteiger partial charge is 0.260 e. The van der Waals surface area contributed by atoms with E-state index in [0.717, 1.165) is 21.5 Å². The number of ether oxygens (including phenoxy) is 3. The molecular formula is C24H22ClN3O4S. The van der Waals surface area contributed by atoms with Crippen LogP contribution < -0.4 is 19.1 Å². The molecule has 2 aromatic carbocycles. The Morgan fingerprint density at radius 3 is 2.39 bits per heavy atom. The lowest BCUT2D eigenvalue weighted by molar-refractivity contribution is 0.0984. The second-order valence-corrected chi connectivity index (χ2v) is 8.56. The number of benzene rings is 2. The number of aromatic nitrogens is 2. The van der Waals surface area contributed by atoms with Crippen LogP contribution in [0.1, 0.15) is 21.6 Å². The zero-order valence-corrected chi connectivity index (χ0v) is 20.2. The number of carbonyl (C=O) groups is 1. The summed E-state index contributed by atoms with van der Waals surface area (Å²) in [7, 11) is 4.54. The van der Waals surface area contributed by atoms with Gasteiger partial charge in [-0.3, -0.25) is 14.7 Å². The molecule has 0 aliphatic carbocycles. The van der Waals surface area contributed by atoms with Crippen LogP contribution >= 0.6 is 22.9 Å². The first kappa shape index (κ1) is 22.8. The highest BCUT2D eigenvalue weighted by molar-refractivity contribution is 7.22. The van der Waals surface area contributed by atoms with Gasteiger partial charge in [-0.15, -0.1) is 0 Å². The Labute approximate surface area is 200 Å². The highest BCUT2D eigenvalue weighted by Gasteiger charge is 2.25. The summed E-state index contributed by atoms with van der Waals surface area (Å²) in [6, 6.07) is 12.6. The fourth-order valence-electron chi connectivity index (χ4n) is 3.44. The zero-order chi connectivity index (χ0) is 23.5. The van der Waals surface area contributed by atoms with Crippen molar-refractivity contribution in [2.24, 2.45) is 0 Å². The van der Waals surface area contributed by atoms with E-state index in [1.807, 2.05) is 37.3 Å². The van der Waals surface area contributed by atoms with Crippen LogP contribution in [0.2, 0.25) is 5.02 Å². The number of fused-ring (bicyclic) bond motifs is 1. The third-order valence-electron chi connectivity index (χ3n) is 5.17. The van der Waals surface area contributed by atoms with E-state index in [2.05, 4.69) is 4.98 Å². The number of thiazole rings is 1. The summed E-state index contributed by atoms with van der Waals surface area (Å²) in [6.07, 6.45) is 1.69. The largest absolute Gasteiger partial charge is 0.493 e. The first-order valence-electron chi connectivity index (χ1n) is 10.0. The normalized spacial score (nSPS) is 10.8. The van der Waals surface area contributed by atoms with E-state index in [1.54, 1.807) is 23.2 Å². The lowest BCUT2D eigenvalue weighted by atomic mass is 10.1. The fourth-order valence-corrected chi connectivity index (χ4v) is 4.62. The van der Waals surface area contributed by atoms with Crippen molar-refractivity contribution in [1.29, 1.82) is 0 Å². The molecule has 0 N–H and O–H groups in total. The van der Waals surface area contributed by atoms with Gasteiger partial charge in [-0.25, -0.2) is 4.98 Å². The van der Waals surface area contributed by atoms with Gasteiger partial charge in [0.25, 0.3) is 5.91 Å². The standard InChI is InChI=1S/C24H22ClN3O4S/c1-14-17(25)8-9-20-21(14)27-24(33-20)28(13-16-7-5-6-10-26-16)23(29)15-11-18(30-2)22(32-4)19(12-15)31-3/h5-12H,13H2,1-4H3. The van der Waals surface area contributed by atoms with Gasteiger partial charge in [0.2, 0.25) is 5.75 Å². The Bertz CT molecular complexity index is 1290. The van der Waals surface area contributed by atoms with Crippen molar-refractivity contribution < 1.29 is 19.0 Å². The van der Waals surface area contributed by atoms with Crippen LogP contribution in [0.3, 0.4) is 0 Å². The number of rotatable bonds is 7. The van der Waals surface area contributed by atoms with Gasteiger partial charge in [0, 0.05) is 16.8 Å². The van der Waals surface area contributed by atoms with Crippen LogP contribution in [-0.4, -0.2) is 37.2 Å². The molecule has 170 valence electrons. The molecule has 0 saturated heterocycles. The number of methoxy groups -OCH3 is 3. The molecule has 0 unspecified atom stereocenters. The van der Waals surface area contributed by atoms with Crippen molar-refractivity contribution >= 4 is 44.2 Å². The van der Waals surface area contributed by atoms with E-state index < -0.39 is 0 Å². The van der Waals surface area contributed by atoms with Gasteiger partial charge in [0.1, 0.15) is 0 Å². The number of aryl methyl sites for hydroxylation is 1. The number of halogens is 1. The van der Waals surface area contributed by atoms with E-state index in [-0.39, 0.29) is 12.5 Å². The highest BCUT2D eigenvalue weighted by Crippen LogP contribution is 2.40. The predicted octanol–water partition coefficient (Wildman–Crippen LogP) is 5.53. The second kappa shape index (κ2) is 9.64. The SMILES string of the molecule is COc1cc(C(=O)N(Cc2ccccn2)c2nc3c(C)c(Cl)ccc3s2)cc(OC)c1OC. The summed E-state index contributed by atoms with van der Waals surface area (Å²) in [5, 5.41) is 1.17. The molecule has 4 rings (SSSR count). The summed E-state index contributed by atoms with van der Waals surface area (Å²) in [6.45, 7) is 2.15. The Kier molecular flexibility index (Phi) is 6.67. The summed E-state index contributed by atoms with van der Waals surface area (Å²) in [5.41, 5.74) is 2.74. The van der Waals surface area contributed by atoms with Crippen molar-refractivity contribution in [3.05, 3.63) is 70.5 Å². The fraction of sp³-hybridized carbons (Fsp3) is 0.208. The van der Waals surface area contributed by atoms with E-state index in [9.17, 15) is 4.79 Å². The summed E-state index contributed by atoms with van der Waals surface area (Å²) < 4.78 is 17.2. The number of amides is 1. The molecule has 0 fully saturated rings. The number of anilines is 1. The zero-order valence-electron chi connectivity index (χ0n) is 18.6. The molecule has 0 saturated carbocycles. The molecule has 0 atom stereocenters. The van der Waals surface area contributed by atoms with Gasteiger partial charge in [-0.05, 0) is 48.9 Å². The molecule has 2 heterocycles. The number of nitrogens with zero attached hydrogens (tertiary/aromatic N) is 3. The monoisotopic (exact) mass is 483 g/mol. The molecule has 4 aromatic rings. The summed E-state index contributed by atoms with van der Waals surface area (Å²) in [5.74, 6) is 0.926. The number of hydrogen-bond donors (Lipinski definition) is 0. The number of pyridine rings is 1. The molecule has 1 amide bonds. The predicted molar refractivity (Wildman–Crippen MR) is 130 cm³/mol.